The molecule has 2 atom stereocenters. The molecule has 0 unspecified atom stereocenters. The van der Waals surface area contributed by atoms with Crippen molar-refractivity contribution in [3.8, 4) is 0 Å². The van der Waals surface area contributed by atoms with E-state index < -0.39 is 5.60 Å². The highest BCUT2D eigenvalue weighted by molar-refractivity contribution is 5.69. The maximum absolute atomic E-state index is 12.6. The summed E-state index contributed by atoms with van der Waals surface area (Å²) in [5.74, 6) is 0. The van der Waals surface area contributed by atoms with E-state index in [4.69, 9.17) is 14.2 Å². The fourth-order valence-corrected chi connectivity index (χ4v) is 3.34. The largest absolute Gasteiger partial charge is 0.444 e. The molecule has 3 rings (SSSR count). The normalized spacial score (nSPS) is 19.6. The van der Waals surface area contributed by atoms with Crippen LogP contribution in [0.1, 0.15) is 31.9 Å². The van der Waals surface area contributed by atoms with Crippen LogP contribution in [-0.4, -0.2) is 41.9 Å². The molecule has 1 saturated heterocycles. The summed E-state index contributed by atoms with van der Waals surface area (Å²) in [6.45, 7) is 11.4. The lowest BCUT2D eigenvalue weighted by Gasteiger charge is -2.40. The third-order valence-corrected chi connectivity index (χ3v) is 4.77. The van der Waals surface area contributed by atoms with E-state index in [1.54, 1.807) is 4.90 Å². The first-order valence-corrected chi connectivity index (χ1v) is 10.3. The second-order valence-electron chi connectivity index (χ2n) is 8.57. The molecular formula is C25H31NO4. The Hall–Kier alpha value is -2.63. The summed E-state index contributed by atoms with van der Waals surface area (Å²) in [5, 5.41) is 0. The van der Waals surface area contributed by atoms with Crippen molar-refractivity contribution in [2.24, 2.45) is 0 Å². The van der Waals surface area contributed by atoms with E-state index >= 15 is 0 Å². The van der Waals surface area contributed by atoms with Gasteiger partial charge in [-0.3, -0.25) is 0 Å². The van der Waals surface area contributed by atoms with Crippen LogP contribution in [0.4, 0.5) is 4.79 Å². The third-order valence-electron chi connectivity index (χ3n) is 4.77. The Bertz CT molecular complexity index is 829. The molecule has 0 aliphatic carbocycles. The number of hydrogen-bond acceptors (Lipinski definition) is 4. The molecule has 1 aliphatic heterocycles. The summed E-state index contributed by atoms with van der Waals surface area (Å²) in [6, 6.07) is 20.0. The lowest BCUT2D eigenvalue weighted by molar-refractivity contribution is -0.0956. The highest BCUT2D eigenvalue weighted by Gasteiger charge is 2.37. The first-order chi connectivity index (χ1) is 14.3. The van der Waals surface area contributed by atoms with Crippen molar-refractivity contribution in [3.05, 3.63) is 83.9 Å². The smallest absolute Gasteiger partial charge is 0.410 e. The Morgan fingerprint density at radius 2 is 1.50 bits per heavy atom. The fraction of sp³-hybridized carbons (Fsp3) is 0.400. The minimum atomic E-state index is -0.556. The lowest BCUT2D eigenvalue weighted by atomic mass is 9.99. The zero-order valence-corrected chi connectivity index (χ0v) is 18.0. The summed E-state index contributed by atoms with van der Waals surface area (Å²) < 4.78 is 18.0. The second-order valence-corrected chi connectivity index (χ2v) is 8.57. The number of ether oxygens (including phenoxy) is 3. The Morgan fingerprint density at radius 3 is 2.03 bits per heavy atom. The zero-order chi connectivity index (χ0) is 21.6. The first kappa shape index (κ1) is 22.1. The number of carbonyl (C=O) groups excluding carboxylic acids is 1. The maximum Gasteiger partial charge on any atom is 0.410 e. The molecule has 0 N–H and O–H groups in total. The zero-order valence-electron chi connectivity index (χ0n) is 18.0. The van der Waals surface area contributed by atoms with Gasteiger partial charge in [0, 0.05) is 6.54 Å². The molecule has 1 fully saturated rings. The Balaban J connectivity index is 1.70. The molecule has 0 bridgehead atoms. The molecule has 160 valence electrons. The van der Waals surface area contributed by atoms with Gasteiger partial charge in [-0.2, -0.15) is 0 Å². The van der Waals surface area contributed by atoms with Crippen molar-refractivity contribution in [2.75, 3.05) is 13.1 Å². The second kappa shape index (κ2) is 9.92. The van der Waals surface area contributed by atoms with E-state index in [2.05, 4.69) is 6.58 Å². The summed E-state index contributed by atoms with van der Waals surface area (Å²) in [4.78, 5) is 14.3. The molecule has 0 saturated carbocycles. The molecular weight excluding hydrogens is 378 g/mol. The molecule has 2 aromatic rings. The van der Waals surface area contributed by atoms with E-state index in [0.29, 0.717) is 26.3 Å². The standard InChI is InChI=1S/C25H31NO4/c1-19-15-26(24(27)30-25(2,3)4)16-22(28-17-20-11-7-5-8-12-20)23(19)29-18-21-13-9-6-10-14-21/h5-14,22-23H,1,15-18H2,2-4H3/t22-,23+/m1/s1. The van der Waals surface area contributed by atoms with Gasteiger partial charge in [0.1, 0.15) is 17.8 Å². The van der Waals surface area contributed by atoms with Crippen LogP contribution in [0.25, 0.3) is 0 Å². The minimum absolute atomic E-state index is 0.299. The predicted octanol–water partition coefficient (Wildman–Crippen LogP) is 4.96. The van der Waals surface area contributed by atoms with Crippen molar-refractivity contribution in [1.82, 2.24) is 4.90 Å². The molecule has 1 aliphatic rings. The van der Waals surface area contributed by atoms with E-state index in [-0.39, 0.29) is 18.3 Å². The SMILES string of the molecule is C=C1CN(C(=O)OC(C)(C)C)C[C@@H](OCc2ccccc2)[C@H]1OCc1ccccc1. The summed E-state index contributed by atoms with van der Waals surface area (Å²) in [6.07, 6.45) is -0.992. The number of benzene rings is 2. The average Bonchev–Trinajstić information content (AvgIpc) is 2.71. The van der Waals surface area contributed by atoms with Gasteiger partial charge < -0.3 is 19.1 Å². The van der Waals surface area contributed by atoms with Crippen LogP contribution < -0.4 is 0 Å². The average molecular weight is 410 g/mol. The van der Waals surface area contributed by atoms with Crippen LogP contribution in [0.15, 0.2) is 72.8 Å². The first-order valence-electron chi connectivity index (χ1n) is 10.3. The van der Waals surface area contributed by atoms with Gasteiger partial charge in [0.05, 0.1) is 19.8 Å². The number of nitrogens with zero attached hydrogens (tertiary/aromatic N) is 1. The summed E-state index contributed by atoms with van der Waals surface area (Å²) in [5.41, 5.74) is 2.40. The van der Waals surface area contributed by atoms with Gasteiger partial charge in [0.15, 0.2) is 0 Å². The van der Waals surface area contributed by atoms with Gasteiger partial charge in [0.2, 0.25) is 0 Å². The van der Waals surface area contributed by atoms with Crippen molar-refractivity contribution in [3.63, 3.8) is 0 Å². The number of likely N-dealkylation sites (tertiary alicyclic amines) is 1. The number of amides is 1. The van der Waals surface area contributed by atoms with Crippen molar-refractivity contribution < 1.29 is 19.0 Å². The van der Waals surface area contributed by atoms with Crippen molar-refractivity contribution in [1.29, 1.82) is 0 Å². The molecule has 5 nitrogen and oxygen atoms in total. The molecule has 0 aromatic heterocycles. The monoisotopic (exact) mass is 409 g/mol. The number of carbonyl (C=O) groups is 1. The van der Waals surface area contributed by atoms with Gasteiger partial charge in [-0.15, -0.1) is 0 Å². The molecule has 0 radical (unpaired) electrons. The van der Waals surface area contributed by atoms with Gasteiger partial charge in [-0.25, -0.2) is 4.79 Å². The topological polar surface area (TPSA) is 48.0 Å². The van der Waals surface area contributed by atoms with Crippen LogP contribution in [-0.2, 0) is 27.4 Å². The molecule has 0 spiro atoms. The number of hydrogen-bond donors (Lipinski definition) is 0. The third kappa shape index (κ3) is 6.44. The molecule has 5 heteroatoms. The predicted molar refractivity (Wildman–Crippen MR) is 117 cm³/mol. The highest BCUT2D eigenvalue weighted by atomic mass is 16.6. The number of rotatable bonds is 6. The molecule has 1 heterocycles. The maximum atomic E-state index is 12.6. The van der Waals surface area contributed by atoms with Gasteiger partial charge in [-0.1, -0.05) is 67.2 Å². The minimum Gasteiger partial charge on any atom is -0.444 e. The van der Waals surface area contributed by atoms with Crippen LogP contribution in [0, 0.1) is 0 Å². The highest BCUT2D eigenvalue weighted by Crippen LogP contribution is 2.25. The molecule has 30 heavy (non-hydrogen) atoms. The lowest BCUT2D eigenvalue weighted by Crippen LogP contribution is -2.53. The Labute approximate surface area is 179 Å². The van der Waals surface area contributed by atoms with E-state index in [0.717, 1.165) is 16.7 Å². The Morgan fingerprint density at radius 1 is 0.967 bits per heavy atom. The summed E-state index contributed by atoms with van der Waals surface area (Å²) in [7, 11) is 0. The Kier molecular flexibility index (Phi) is 7.29. The van der Waals surface area contributed by atoms with Crippen LogP contribution in [0.3, 0.4) is 0 Å². The van der Waals surface area contributed by atoms with Crippen LogP contribution in [0.2, 0.25) is 0 Å². The van der Waals surface area contributed by atoms with Crippen LogP contribution in [0.5, 0.6) is 0 Å². The molecule has 2 aromatic carbocycles. The van der Waals surface area contributed by atoms with Gasteiger partial charge in [-0.05, 0) is 37.5 Å². The van der Waals surface area contributed by atoms with E-state index in [9.17, 15) is 4.79 Å². The van der Waals surface area contributed by atoms with Crippen molar-refractivity contribution >= 4 is 6.09 Å². The number of piperidine rings is 1. The quantitative estimate of drug-likeness (QED) is 0.633. The van der Waals surface area contributed by atoms with E-state index in [1.165, 1.54) is 0 Å². The van der Waals surface area contributed by atoms with Gasteiger partial charge in [0.25, 0.3) is 0 Å². The summed E-state index contributed by atoms with van der Waals surface area (Å²) >= 11 is 0. The van der Waals surface area contributed by atoms with Gasteiger partial charge >= 0.3 is 6.09 Å². The molecule has 1 amide bonds. The van der Waals surface area contributed by atoms with Crippen LogP contribution >= 0.6 is 0 Å². The fourth-order valence-electron chi connectivity index (χ4n) is 3.34. The van der Waals surface area contributed by atoms with Crippen molar-refractivity contribution in [2.45, 2.75) is 51.8 Å². The van der Waals surface area contributed by atoms with E-state index in [1.807, 2.05) is 81.4 Å².